The van der Waals surface area contributed by atoms with Gasteiger partial charge in [0.25, 0.3) is 0 Å². The van der Waals surface area contributed by atoms with E-state index >= 15 is 0 Å². The predicted molar refractivity (Wildman–Crippen MR) is 145 cm³/mol. The van der Waals surface area contributed by atoms with Crippen molar-refractivity contribution in [3.8, 4) is 23.0 Å². The predicted octanol–water partition coefficient (Wildman–Crippen LogP) is -0.479. The number of aliphatic hydroxyl groups excluding tert-OH is 4. The van der Waals surface area contributed by atoms with E-state index in [9.17, 15) is 45.6 Å². The molecule has 15 nitrogen and oxygen atoms in total. The molecule has 3 aliphatic heterocycles. The van der Waals surface area contributed by atoms with Crippen LogP contribution in [0, 0.1) is 0 Å². The molecule has 11 atom stereocenters. The molecule has 0 radical (unpaired) electrons. The monoisotopic (exact) mass is 622 g/mol. The summed E-state index contributed by atoms with van der Waals surface area (Å²) in [4.78, 5) is 12.8. The van der Waals surface area contributed by atoms with E-state index in [-0.39, 0.29) is 23.9 Å². The Morgan fingerprint density at radius 1 is 0.864 bits per heavy atom. The first kappa shape index (κ1) is 31.9. The summed E-state index contributed by atoms with van der Waals surface area (Å²) in [6.45, 7) is 0.984. The van der Waals surface area contributed by atoms with Crippen LogP contribution in [0.3, 0.4) is 0 Å². The number of phenols is 4. The summed E-state index contributed by atoms with van der Waals surface area (Å²) in [5, 5.41) is 80.5. The lowest BCUT2D eigenvalue weighted by Gasteiger charge is -2.47. The summed E-state index contributed by atoms with van der Waals surface area (Å²) >= 11 is 0. The van der Waals surface area contributed by atoms with Gasteiger partial charge in [-0.3, -0.25) is 0 Å². The highest BCUT2D eigenvalue weighted by atomic mass is 16.8. The normalized spacial score (nSPS) is 35.7. The van der Waals surface area contributed by atoms with Crippen LogP contribution in [0.1, 0.15) is 24.2 Å². The molecule has 240 valence electrons. The number of aromatic hydroxyl groups is 4. The van der Waals surface area contributed by atoms with Crippen LogP contribution in [0.4, 0.5) is 0 Å². The third-order valence-electron chi connectivity index (χ3n) is 7.62. The van der Waals surface area contributed by atoms with Crippen LogP contribution in [-0.4, -0.2) is 121 Å². The van der Waals surface area contributed by atoms with Crippen LogP contribution in [0.5, 0.6) is 23.0 Å². The minimum absolute atomic E-state index is 0.0651. The van der Waals surface area contributed by atoms with Gasteiger partial charge in [0.2, 0.25) is 0 Å². The van der Waals surface area contributed by atoms with Gasteiger partial charge in [-0.1, -0.05) is 12.1 Å². The topological polar surface area (TPSA) is 234 Å². The van der Waals surface area contributed by atoms with E-state index in [2.05, 4.69) is 0 Å². The largest absolute Gasteiger partial charge is 0.504 e. The number of rotatable bonds is 7. The first-order valence-corrected chi connectivity index (χ1v) is 13.8. The molecule has 0 aliphatic carbocycles. The van der Waals surface area contributed by atoms with E-state index in [4.69, 9.17) is 28.4 Å². The molecular formula is C29H34O15. The number of carbonyl (C=O) groups excluding carboxylic acids is 1. The van der Waals surface area contributed by atoms with Crippen LogP contribution in [0.25, 0.3) is 6.08 Å². The number of hydrogen-bond donors (Lipinski definition) is 8. The molecule has 2 aromatic rings. The molecule has 5 rings (SSSR count). The maximum atomic E-state index is 12.8. The first-order chi connectivity index (χ1) is 20.9. The van der Waals surface area contributed by atoms with E-state index in [1.165, 1.54) is 49.4 Å². The van der Waals surface area contributed by atoms with E-state index in [0.717, 1.165) is 6.08 Å². The van der Waals surface area contributed by atoms with Crippen LogP contribution in [-0.2, 0) is 33.2 Å². The molecule has 0 saturated carbocycles. The SMILES string of the molecule is C[C@@H]1O[C@@H](OC[C@H]2O[C@H]3OC[C@H](c4ccc(O)c(O)c4)O[C@@H]3[C@@H](O)[C@@H]2OC(=O)C=Cc2ccc(O)c(O)c2)[C@H](O)[C@H](O)[C@H]1O. The Morgan fingerprint density at radius 3 is 2.27 bits per heavy atom. The highest BCUT2D eigenvalue weighted by molar-refractivity contribution is 5.87. The molecule has 3 heterocycles. The Morgan fingerprint density at radius 2 is 1.57 bits per heavy atom. The average molecular weight is 623 g/mol. The number of esters is 1. The van der Waals surface area contributed by atoms with Crippen molar-refractivity contribution in [1.29, 1.82) is 0 Å². The van der Waals surface area contributed by atoms with Gasteiger partial charge in [0, 0.05) is 6.08 Å². The van der Waals surface area contributed by atoms with Crippen molar-refractivity contribution >= 4 is 12.0 Å². The van der Waals surface area contributed by atoms with Crippen LogP contribution < -0.4 is 0 Å². The Bertz CT molecular complexity index is 1350. The van der Waals surface area contributed by atoms with Gasteiger partial charge in [-0.15, -0.1) is 0 Å². The minimum Gasteiger partial charge on any atom is -0.504 e. The molecule has 0 spiro atoms. The number of aliphatic hydroxyl groups is 4. The summed E-state index contributed by atoms with van der Waals surface area (Å²) in [6.07, 6.45) is -11.8. The lowest BCUT2D eigenvalue weighted by atomic mass is 9.96. The Balaban J connectivity index is 1.33. The number of ether oxygens (including phenoxy) is 6. The zero-order valence-corrected chi connectivity index (χ0v) is 23.3. The maximum Gasteiger partial charge on any atom is 0.331 e. The summed E-state index contributed by atoms with van der Waals surface area (Å²) in [6, 6.07) is 7.94. The summed E-state index contributed by atoms with van der Waals surface area (Å²) in [5.74, 6) is -2.39. The number of phenolic OH excluding ortho intramolecular Hbond substituents is 4. The second-order valence-electron chi connectivity index (χ2n) is 10.7. The van der Waals surface area contributed by atoms with Gasteiger partial charge in [-0.05, 0) is 48.4 Å². The molecule has 2 aromatic carbocycles. The number of hydrogen-bond acceptors (Lipinski definition) is 15. The molecule has 3 aliphatic rings. The lowest BCUT2D eigenvalue weighted by molar-refractivity contribution is -0.360. The maximum absolute atomic E-state index is 12.8. The summed E-state index contributed by atoms with van der Waals surface area (Å²) in [5.41, 5.74) is 0.795. The van der Waals surface area contributed by atoms with Crippen molar-refractivity contribution in [2.24, 2.45) is 0 Å². The molecule has 0 amide bonds. The van der Waals surface area contributed by atoms with E-state index in [1.807, 2.05) is 0 Å². The zero-order valence-electron chi connectivity index (χ0n) is 23.3. The van der Waals surface area contributed by atoms with Crippen molar-refractivity contribution in [3.05, 3.63) is 53.6 Å². The second-order valence-corrected chi connectivity index (χ2v) is 10.7. The first-order valence-electron chi connectivity index (χ1n) is 13.8. The number of carbonyl (C=O) groups is 1. The smallest absolute Gasteiger partial charge is 0.331 e. The van der Waals surface area contributed by atoms with Gasteiger partial charge in [0.15, 0.2) is 41.7 Å². The van der Waals surface area contributed by atoms with Crippen LogP contribution >= 0.6 is 0 Å². The van der Waals surface area contributed by atoms with Gasteiger partial charge in [0.1, 0.15) is 42.7 Å². The number of fused-ring (bicyclic) bond motifs is 1. The zero-order chi connectivity index (χ0) is 31.7. The third kappa shape index (κ3) is 6.76. The average Bonchev–Trinajstić information content (AvgIpc) is 3.00. The van der Waals surface area contributed by atoms with E-state index in [0.29, 0.717) is 11.1 Å². The van der Waals surface area contributed by atoms with Gasteiger partial charge in [-0.2, -0.15) is 0 Å². The van der Waals surface area contributed by atoms with Gasteiger partial charge in [0.05, 0.1) is 19.3 Å². The lowest BCUT2D eigenvalue weighted by Crippen LogP contribution is -2.64. The molecule has 3 fully saturated rings. The van der Waals surface area contributed by atoms with Crippen molar-refractivity contribution < 1.29 is 74.1 Å². The van der Waals surface area contributed by atoms with Crippen molar-refractivity contribution in [2.75, 3.05) is 13.2 Å². The molecular weight excluding hydrogens is 588 g/mol. The Hall–Kier alpha value is -3.51. The third-order valence-corrected chi connectivity index (χ3v) is 7.62. The summed E-state index contributed by atoms with van der Waals surface area (Å²) < 4.78 is 34.4. The van der Waals surface area contributed by atoms with Gasteiger partial charge in [-0.25, -0.2) is 4.79 Å². The second kappa shape index (κ2) is 13.2. The highest BCUT2D eigenvalue weighted by Crippen LogP contribution is 2.37. The Kier molecular flexibility index (Phi) is 9.59. The van der Waals surface area contributed by atoms with Crippen LogP contribution in [0.2, 0.25) is 0 Å². The fraction of sp³-hybridized carbons (Fsp3) is 0.483. The quantitative estimate of drug-likeness (QED) is 0.111. The van der Waals surface area contributed by atoms with E-state index in [1.54, 1.807) is 0 Å². The molecule has 0 aromatic heterocycles. The molecule has 0 unspecified atom stereocenters. The molecule has 44 heavy (non-hydrogen) atoms. The van der Waals surface area contributed by atoms with Crippen LogP contribution in [0.15, 0.2) is 42.5 Å². The minimum atomic E-state index is -1.62. The number of benzene rings is 2. The van der Waals surface area contributed by atoms with Crippen molar-refractivity contribution in [3.63, 3.8) is 0 Å². The molecule has 15 heteroatoms. The molecule has 8 N–H and O–H groups in total. The molecule has 3 saturated heterocycles. The standard InChI is InChI=1S/C29H34O15/c1-12-22(35)23(36)24(37)28(41-12)39-11-20-26(44-21(34)7-3-13-2-5-15(30)17(32)8-13)25(38)27-29(43-20)40-10-19(42-27)14-4-6-16(31)18(33)9-14/h2-9,12,19-20,22-33,35-38H,10-11H2,1H3/t12-,19+,20+,22-,23+,24+,25-,26+,27+,28+,29+/m0/s1. The van der Waals surface area contributed by atoms with E-state index < -0.39 is 85.8 Å². The summed E-state index contributed by atoms with van der Waals surface area (Å²) in [7, 11) is 0. The van der Waals surface area contributed by atoms with Crippen molar-refractivity contribution in [2.45, 2.75) is 74.4 Å². The van der Waals surface area contributed by atoms with Gasteiger partial charge >= 0.3 is 5.97 Å². The van der Waals surface area contributed by atoms with Gasteiger partial charge < -0.3 is 69.3 Å². The molecule has 0 bridgehead atoms. The fourth-order valence-electron chi connectivity index (χ4n) is 5.10. The highest BCUT2D eigenvalue weighted by Gasteiger charge is 2.52. The fourth-order valence-corrected chi connectivity index (χ4v) is 5.10. The Labute approximate surface area is 250 Å². The van der Waals surface area contributed by atoms with Crippen molar-refractivity contribution in [1.82, 2.24) is 0 Å².